The van der Waals surface area contributed by atoms with Crippen LogP contribution in [0.2, 0.25) is 10.0 Å². The van der Waals surface area contributed by atoms with Crippen LogP contribution in [0.15, 0.2) is 18.2 Å². The fraction of sp³-hybridized carbons (Fsp3) is 0.167. The Labute approximate surface area is 119 Å². The van der Waals surface area contributed by atoms with Crippen molar-refractivity contribution in [2.24, 2.45) is 0 Å². The number of hydrogen-bond donors (Lipinski definition) is 2. The quantitative estimate of drug-likeness (QED) is 0.836. The van der Waals surface area contributed by atoms with E-state index in [-0.39, 0.29) is 17.2 Å². The lowest BCUT2D eigenvalue weighted by atomic mass is 10.3. The Bertz CT molecular complexity index is 698. The first-order chi connectivity index (χ1) is 8.90. The zero-order valence-corrected chi connectivity index (χ0v) is 11.7. The van der Waals surface area contributed by atoms with Crippen molar-refractivity contribution in [3.8, 4) is 11.6 Å². The fourth-order valence-electron chi connectivity index (χ4n) is 1.46. The van der Waals surface area contributed by atoms with Gasteiger partial charge in [-0.3, -0.25) is 5.41 Å². The molecule has 100 valence electrons. The second-order valence-corrected chi connectivity index (χ2v) is 4.77. The normalized spacial score (nSPS) is 10.5. The molecule has 2 rings (SSSR count). The summed E-state index contributed by atoms with van der Waals surface area (Å²) >= 11 is 11.8. The minimum Gasteiger partial charge on any atom is -0.437 e. The van der Waals surface area contributed by atoms with E-state index in [1.165, 1.54) is 0 Å². The Morgan fingerprint density at radius 3 is 2.63 bits per heavy atom. The Morgan fingerprint density at radius 1 is 1.32 bits per heavy atom. The Kier molecular flexibility index (Phi) is 3.68. The van der Waals surface area contributed by atoms with Crippen LogP contribution in [0.3, 0.4) is 0 Å². The molecule has 5 nitrogen and oxygen atoms in total. The third-order valence-corrected chi connectivity index (χ3v) is 3.09. The summed E-state index contributed by atoms with van der Waals surface area (Å²) in [6, 6.07) is 4.81. The summed E-state index contributed by atoms with van der Waals surface area (Å²) in [4.78, 5) is 4.07. The molecular formula is C12H11Cl2N3O2. The summed E-state index contributed by atoms with van der Waals surface area (Å²) in [5.74, 6) is 0.851. The van der Waals surface area contributed by atoms with E-state index in [1.807, 2.05) is 0 Å². The zero-order chi connectivity index (χ0) is 14.2. The van der Waals surface area contributed by atoms with Crippen molar-refractivity contribution >= 4 is 23.2 Å². The molecule has 0 unspecified atom stereocenters. The monoisotopic (exact) mass is 299 g/mol. The van der Waals surface area contributed by atoms with E-state index in [2.05, 4.69) is 4.98 Å². The van der Waals surface area contributed by atoms with E-state index < -0.39 is 0 Å². The van der Waals surface area contributed by atoms with Gasteiger partial charge in [0.1, 0.15) is 11.6 Å². The highest BCUT2D eigenvalue weighted by atomic mass is 35.5. The Balaban J connectivity index is 2.47. The summed E-state index contributed by atoms with van der Waals surface area (Å²) in [7, 11) is 0. The number of rotatable bonds is 2. The second-order valence-electron chi connectivity index (χ2n) is 3.93. The average Bonchev–Trinajstić information content (AvgIpc) is 2.36. The number of benzene rings is 1. The molecule has 0 aliphatic carbocycles. The first-order valence-corrected chi connectivity index (χ1v) is 6.12. The summed E-state index contributed by atoms with van der Waals surface area (Å²) in [6.07, 6.45) is 0. The molecule has 0 atom stereocenters. The van der Waals surface area contributed by atoms with Gasteiger partial charge in [0.15, 0.2) is 5.49 Å². The van der Waals surface area contributed by atoms with Crippen molar-refractivity contribution in [1.82, 2.24) is 9.71 Å². The smallest absolute Gasteiger partial charge is 0.227 e. The van der Waals surface area contributed by atoms with Crippen molar-refractivity contribution in [2.45, 2.75) is 13.8 Å². The van der Waals surface area contributed by atoms with Crippen LogP contribution in [0, 0.1) is 19.3 Å². The summed E-state index contributed by atoms with van der Waals surface area (Å²) in [5.41, 5.74) is 0.312. The van der Waals surface area contributed by atoms with Gasteiger partial charge in [-0.1, -0.05) is 23.2 Å². The summed E-state index contributed by atoms with van der Waals surface area (Å²) in [6.45, 7) is 3.19. The second kappa shape index (κ2) is 5.11. The van der Waals surface area contributed by atoms with Crippen LogP contribution in [0.4, 0.5) is 0 Å². The molecule has 0 aliphatic rings. The summed E-state index contributed by atoms with van der Waals surface area (Å²) in [5, 5.41) is 18.1. The van der Waals surface area contributed by atoms with Gasteiger partial charge >= 0.3 is 0 Å². The van der Waals surface area contributed by atoms with Crippen molar-refractivity contribution in [2.75, 3.05) is 0 Å². The van der Waals surface area contributed by atoms with Gasteiger partial charge < -0.3 is 9.94 Å². The maximum Gasteiger partial charge on any atom is 0.227 e. The highest BCUT2D eigenvalue weighted by molar-refractivity contribution is 6.35. The minimum absolute atomic E-state index is 0.0902. The number of aromatic nitrogens is 2. The highest BCUT2D eigenvalue weighted by Crippen LogP contribution is 2.31. The van der Waals surface area contributed by atoms with Crippen molar-refractivity contribution < 1.29 is 9.94 Å². The van der Waals surface area contributed by atoms with E-state index in [1.54, 1.807) is 32.0 Å². The zero-order valence-electron chi connectivity index (χ0n) is 10.2. The van der Waals surface area contributed by atoms with Crippen LogP contribution < -0.4 is 10.2 Å². The third kappa shape index (κ3) is 2.67. The Hall–Kier alpha value is -1.72. The first-order valence-electron chi connectivity index (χ1n) is 5.37. The minimum atomic E-state index is -0.0902. The molecule has 2 aromatic rings. The van der Waals surface area contributed by atoms with Crippen LogP contribution in [0.1, 0.15) is 11.4 Å². The largest absolute Gasteiger partial charge is 0.437 e. The lowest BCUT2D eigenvalue weighted by Gasteiger charge is -2.11. The highest BCUT2D eigenvalue weighted by Gasteiger charge is 2.12. The number of nitrogens with zero attached hydrogens (tertiary/aromatic N) is 2. The molecule has 0 radical (unpaired) electrons. The van der Waals surface area contributed by atoms with Gasteiger partial charge in [0.05, 0.1) is 10.6 Å². The molecule has 1 aromatic heterocycles. The van der Waals surface area contributed by atoms with Gasteiger partial charge in [0.25, 0.3) is 0 Å². The van der Waals surface area contributed by atoms with Gasteiger partial charge in [0, 0.05) is 5.02 Å². The number of ether oxygens (including phenoxy) is 1. The molecule has 1 heterocycles. The number of halogens is 2. The average molecular weight is 300 g/mol. The van der Waals surface area contributed by atoms with E-state index in [4.69, 9.17) is 33.3 Å². The van der Waals surface area contributed by atoms with Gasteiger partial charge in [-0.25, -0.2) is 0 Å². The van der Waals surface area contributed by atoms with Crippen molar-refractivity contribution in [3.63, 3.8) is 0 Å². The molecule has 7 heteroatoms. The Morgan fingerprint density at radius 2 is 2.00 bits per heavy atom. The van der Waals surface area contributed by atoms with Gasteiger partial charge in [-0.05, 0) is 32.0 Å². The maximum absolute atomic E-state index is 9.54. The van der Waals surface area contributed by atoms with Crippen molar-refractivity contribution in [1.29, 1.82) is 5.41 Å². The SMILES string of the molecule is Cc1c(Oc2ccc(Cl)cc2Cl)nc(C)n(O)c1=N. The van der Waals surface area contributed by atoms with Crippen LogP contribution >= 0.6 is 23.2 Å². The molecule has 0 fully saturated rings. The van der Waals surface area contributed by atoms with Crippen LogP contribution in [-0.2, 0) is 0 Å². The van der Waals surface area contributed by atoms with Gasteiger partial charge in [-0.15, -0.1) is 0 Å². The summed E-state index contributed by atoms with van der Waals surface area (Å²) < 4.78 is 6.25. The predicted octanol–water partition coefficient (Wildman–Crippen LogP) is 3.32. The number of hydrogen-bond acceptors (Lipinski definition) is 4. The maximum atomic E-state index is 9.54. The molecule has 2 N–H and O–H groups in total. The van der Waals surface area contributed by atoms with Gasteiger partial charge in [-0.2, -0.15) is 9.71 Å². The van der Waals surface area contributed by atoms with E-state index in [0.29, 0.717) is 26.1 Å². The van der Waals surface area contributed by atoms with Crippen LogP contribution in [0.5, 0.6) is 11.6 Å². The molecule has 0 bridgehead atoms. The number of nitrogens with one attached hydrogen (secondary N) is 1. The van der Waals surface area contributed by atoms with Crippen LogP contribution in [0.25, 0.3) is 0 Å². The fourth-order valence-corrected chi connectivity index (χ4v) is 1.91. The topological polar surface area (TPSA) is 71.1 Å². The first kappa shape index (κ1) is 13.7. The van der Waals surface area contributed by atoms with E-state index in [9.17, 15) is 5.21 Å². The molecule has 0 aliphatic heterocycles. The molecule has 19 heavy (non-hydrogen) atoms. The number of aryl methyl sites for hydroxylation is 1. The van der Waals surface area contributed by atoms with E-state index in [0.717, 1.165) is 0 Å². The van der Waals surface area contributed by atoms with Gasteiger partial charge in [0.2, 0.25) is 5.88 Å². The lowest BCUT2D eigenvalue weighted by molar-refractivity contribution is 0.156. The molecule has 0 saturated heterocycles. The standard InChI is InChI=1S/C12H11Cl2N3O2/c1-6-11(15)17(18)7(2)16-12(6)19-10-4-3-8(13)5-9(10)14/h3-5,15,18H,1-2H3. The molecule has 0 amide bonds. The molecular weight excluding hydrogens is 289 g/mol. The lowest BCUT2D eigenvalue weighted by Crippen LogP contribution is -2.24. The van der Waals surface area contributed by atoms with E-state index >= 15 is 0 Å². The molecule has 1 aromatic carbocycles. The van der Waals surface area contributed by atoms with Crippen molar-refractivity contribution in [3.05, 3.63) is 45.1 Å². The molecule has 0 spiro atoms. The molecule has 0 saturated carbocycles. The predicted molar refractivity (Wildman–Crippen MR) is 71.3 cm³/mol. The third-order valence-electron chi connectivity index (χ3n) is 2.56. The van der Waals surface area contributed by atoms with Crippen LogP contribution in [-0.4, -0.2) is 14.9 Å².